The van der Waals surface area contributed by atoms with Crippen LogP contribution in [0.3, 0.4) is 0 Å². The summed E-state index contributed by atoms with van der Waals surface area (Å²) in [5, 5.41) is 3.46. The summed E-state index contributed by atoms with van der Waals surface area (Å²) < 4.78 is 0. The molecule has 0 amide bonds. The predicted molar refractivity (Wildman–Crippen MR) is 69.6 cm³/mol. The number of hydrogen-bond donors (Lipinski definition) is 1. The number of likely N-dealkylation sites (tertiary alicyclic amines) is 1. The van der Waals surface area contributed by atoms with E-state index in [1.807, 2.05) is 0 Å². The van der Waals surface area contributed by atoms with E-state index in [-0.39, 0.29) is 0 Å². The van der Waals surface area contributed by atoms with E-state index in [4.69, 9.17) is 0 Å². The van der Waals surface area contributed by atoms with Crippen molar-refractivity contribution in [2.24, 2.45) is 11.8 Å². The number of rotatable bonds is 5. The molecule has 1 aliphatic heterocycles. The molecule has 2 aliphatic rings. The van der Waals surface area contributed by atoms with Gasteiger partial charge in [-0.25, -0.2) is 0 Å². The molecule has 16 heavy (non-hydrogen) atoms. The van der Waals surface area contributed by atoms with E-state index in [9.17, 15) is 0 Å². The fraction of sp³-hybridized carbons (Fsp3) is 1.00. The zero-order valence-corrected chi connectivity index (χ0v) is 11.2. The maximum Gasteiger partial charge on any atom is 0.0117 e. The minimum absolute atomic E-state index is 0.731. The highest BCUT2D eigenvalue weighted by molar-refractivity contribution is 4.88. The Balaban J connectivity index is 1.72. The van der Waals surface area contributed by atoms with Gasteiger partial charge in [0, 0.05) is 12.1 Å². The third-order valence-corrected chi connectivity index (χ3v) is 4.82. The molecule has 0 bridgehead atoms. The standard InChI is InChI=1S/C14H28N2/c1-11-12(2)16(10-8-14(11)15-3)9-4-5-13-6-7-13/h11-15H,4-10H2,1-3H3. The van der Waals surface area contributed by atoms with Gasteiger partial charge in [0.15, 0.2) is 0 Å². The van der Waals surface area contributed by atoms with Crippen LogP contribution in [-0.2, 0) is 0 Å². The maximum atomic E-state index is 3.46. The highest BCUT2D eigenvalue weighted by atomic mass is 15.2. The highest BCUT2D eigenvalue weighted by Crippen LogP contribution is 2.34. The molecule has 2 fully saturated rings. The fourth-order valence-electron chi connectivity index (χ4n) is 3.15. The van der Waals surface area contributed by atoms with Gasteiger partial charge in [-0.1, -0.05) is 19.8 Å². The largest absolute Gasteiger partial charge is 0.317 e. The summed E-state index contributed by atoms with van der Waals surface area (Å²) in [7, 11) is 2.11. The van der Waals surface area contributed by atoms with E-state index < -0.39 is 0 Å². The third kappa shape index (κ3) is 2.98. The predicted octanol–water partition coefficient (Wildman–Crippen LogP) is 2.49. The Labute approximate surface area is 101 Å². The van der Waals surface area contributed by atoms with Crippen LogP contribution in [0.2, 0.25) is 0 Å². The Bertz CT molecular complexity index is 213. The second kappa shape index (κ2) is 5.50. The molecule has 0 aromatic rings. The molecule has 0 spiro atoms. The molecule has 0 aromatic carbocycles. The van der Waals surface area contributed by atoms with E-state index in [2.05, 4.69) is 31.1 Å². The lowest BCUT2D eigenvalue weighted by molar-refractivity contribution is 0.0858. The average Bonchev–Trinajstić information content (AvgIpc) is 3.08. The monoisotopic (exact) mass is 224 g/mol. The zero-order chi connectivity index (χ0) is 11.5. The van der Waals surface area contributed by atoms with E-state index in [1.54, 1.807) is 0 Å². The minimum atomic E-state index is 0.731. The van der Waals surface area contributed by atoms with Crippen molar-refractivity contribution in [2.45, 2.75) is 58.0 Å². The van der Waals surface area contributed by atoms with Crippen LogP contribution in [0.4, 0.5) is 0 Å². The van der Waals surface area contributed by atoms with Crippen molar-refractivity contribution in [3.8, 4) is 0 Å². The Kier molecular flexibility index (Phi) is 4.26. The summed E-state index contributed by atoms with van der Waals surface area (Å²) in [6, 6.07) is 1.49. The molecule has 2 rings (SSSR count). The summed E-state index contributed by atoms with van der Waals surface area (Å²) in [6.07, 6.45) is 7.24. The van der Waals surface area contributed by atoms with Crippen LogP contribution < -0.4 is 5.32 Å². The van der Waals surface area contributed by atoms with Gasteiger partial charge in [0.25, 0.3) is 0 Å². The van der Waals surface area contributed by atoms with Crippen molar-refractivity contribution in [1.82, 2.24) is 10.2 Å². The summed E-state index contributed by atoms with van der Waals surface area (Å²) in [5.74, 6) is 1.89. The molecular weight excluding hydrogens is 196 g/mol. The molecule has 94 valence electrons. The van der Waals surface area contributed by atoms with Crippen molar-refractivity contribution < 1.29 is 0 Å². The third-order valence-electron chi connectivity index (χ3n) is 4.82. The van der Waals surface area contributed by atoms with E-state index in [1.165, 1.54) is 45.2 Å². The molecule has 1 N–H and O–H groups in total. The Morgan fingerprint density at radius 1 is 1.19 bits per heavy atom. The van der Waals surface area contributed by atoms with E-state index in [0.717, 1.165) is 23.9 Å². The quantitative estimate of drug-likeness (QED) is 0.772. The van der Waals surface area contributed by atoms with Crippen molar-refractivity contribution >= 4 is 0 Å². The molecule has 0 aromatic heterocycles. The van der Waals surface area contributed by atoms with Crippen LogP contribution in [0.25, 0.3) is 0 Å². The molecule has 2 heteroatoms. The second-order valence-electron chi connectivity index (χ2n) is 5.91. The molecule has 1 heterocycles. The van der Waals surface area contributed by atoms with Crippen LogP contribution in [0, 0.1) is 11.8 Å². The van der Waals surface area contributed by atoms with E-state index in [0.29, 0.717) is 0 Å². The Hall–Kier alpha value is -0.0800. The molecule has 1 saturated carbocycles. The summed E-state index contributed by atoms with van der Waals surface area (Å²) >= 11 is 0. The Morgan fingerprint density at radius 2 is 1.94 bits per heavy atom. The van der Waals surface area contributed by atoms with Crippen molar-refractivity contribution in [1.29, 1.82) is 0 Å². The van der Waals surface area contributed by atoms with Gasteiger partial charge in [0.05, 0.1) is 0 Å². The highest BCUT2D eigenvalue weighted by Gasteiger charge is 2.31. The number of nitrogens with one attached hydrogen (secondary N) is 1. The molecule has 1 saturated heterocycles. The summed E-state index contributed by atoms with van der Waals surface area (Å²) in [4.78, 5) is 2.71. The first-order valence-electron chi connectivity index (χ1n) is 7.13. The first-order valence-corrected chi connectivity index (χ1v) is 7.13. The van der Waals surface area contributed by atoms with Crippen LogP contribution in [0.1, 0.15) is 46.0 Å². The number of hydrogen-bond acceptors (Lipinski definition) is 2. The van der Waals surface area contributed by atoms with Crippen molar-refractivity contribution in [3.05, 3.63) is 0 Å². The topological polar surface area (TPSA) is 15.3 Å². The smallest absolute Gasteiger partial charge is 0.0117 e. The second-order valence-corrected chi connectivity index (χ2v) is 5.91. The molecule has 2 nitrogen and oxygen atoms in total. The summed E-state index contributed by atoms with van der Waals surface area (Å²) in [5.41, 5.74) is 0. The van der Waals surface area contributed by atoms with Gasteiger partial charge in [-0.05, 0) is 58.2 Å². The molecule has 3 atom stereocenters. The SMILES string of the molecule is CNC1CCN(CCCC2CC2)C(C)C1C. The van der Waals surface area contributed by atoms with Crippen LogP contribution >= 0.6 is 0 Å². The fourth-order valence-corrected chi connectivity index (χ4v) is 3.15. The van der Waals surface area contributed by atoms with Gasteiger partial charge in [-0.2, -0.15) is 0 Å². The normalized spacial score (nSPS) is 36.6. The lowest BCUT2D eigenvalue weighted by Gasteiger charge is -2.42. The average molecular weight is 224 g/mol. The number of nitrogens with zero attached hydrogens (tertiary/aromatic N) is 1. The molecular formula is C14H28N2. The van der Waals surface area contributed by atoms with Gasteiger partial charge in [0.1, 0.15) is 0 Å². The molecule has 0 radical (unpaired) electrons. The number of piperidine rings is 1. The zero-order valence-electron chi connectivity index (χ0n) is 11.2. The van der Waals surface area contributed by atoms with Crippen LogP contribution in [-0.4, -0.2) is 37.1 Å². The lowest BCUT2D eigenvalue weighted by atomic mass is 9.87. The lowest BCUT2D eigenvalue weighted by Crippen LogP contribution is -2.52. The summed E-state index contributed by atoms with van der Waals surface area (Å²) in [6.45, 7) is 7.43. The van der Waals surface area contributed by atoms with Gasteiger partial charge < -0.3 is 10.2 Å². The van der Waals surface area contributed by atoms with Crippen molar-refractivity contribution in [2.75, 3.05) is 20.1 Å². The minimum Gasteiger partial charge on any atom is -0.317 e. The van der Waals surface area contributed by atoms with Gasteiger partial charge >= 0.3 is 0 Å². The van der Waals surface area contributed by atoms with Gasteiger partial charge in [-0.3, -0.25) is 0 Å². The van der Waals surface area contributed by atoms with Crippen LogP contribution in [0.5, 0.6) is 0 Å². The maximum absolute atomic E-state index is 3.46. The first-order chi connectivity index (χ1) is 7.72. The van der Waals surface area contributed by atoms with Gasteiger partial charge in [0.2, 0.25) is 0 Å². The van der Waals surface area contributed by atoms with Gasteiger partial charge in [-0.15, -0.1) is 0 Å². The first kappa shape index (κ1) is 12.4. The molecule has 3 unspecified atom stereocenters. The molecule has 1 aliphatic carbocycles. The van der Waals surface area contributed by atoms with Crippen LogP contribution in [0.15, 0.2) is 0 Å². The van der Waals surface area contributed by atoms with Crippen molar-refractivity contribution in [3.63, 3.8) is 0 Å². The van der Waals surface area contributed by atoms with E-state index >= 15 is 0 Å². The Morgan fingerprint density at radius 3 is 2.56 bits per heavy atom.